The van der Waals surface area contributed by atoms with Crippen molar-refractivity contribution < 1.29 is 33.4 Å². The summed E-state index contributed by atoms with van der Waals surface area (Å²) in [7, 11) is 2.52. The summed E-state index contributed by atoms with van der Waals surface area (Å²) in [6.45, 7) is 4.94. The lowest BCUT2D eigenvalue weighted by molar-refractivity contribution is -0.135. The maximum Gasteiger partial charge on any atom is 0.407 e. The zero-order valence-electron chi connectivity index (χ0n) is 31.4. The minimum atomic E-state index is -0.890. The number of alkyl carbamates (subject to hydrolysis) is 2. The van der Waals surface area contributed by atoms with Gasteiger partial charge in [0, 0.05) is 25.3 Å². The van der Waals surface area contributed by atoms with Crippen molar-refractivity contribution in [2.24, 2.45) is 11.8 Å². The largest absolute Gasteiger partial charge is 0.453 e. The first-order valence-corrected chi connectivity index (χ1v) is 18.5. The van der Waals surface area contributed by atoms with Gasteiger partial charge in [-0.1, -0.05) is 80.6 Å². The number of rotatable bonds is 11. The maximum atomic E-state index is 13.8. The van der Waals surface area contributed by atoms with Gasteiger partial charge in [0.2, 0.25) is 11.8 Å². The van der Waals surface area contributed by atoms with Gasteiger partial charge >= 0.3 is 12.2 Å². The van der Waals surface area contributed by atoms with Gasteiger partial charge in [0.15, 0.2) is 0 Å². The SMILES string of the molecule is COC(=O)N[C@H](C(=O)N1CC[C@H](C(=O)Nc2ccc(-c3ccc(-c4cnc([C@@H]5CCCN5C(=O)[C@H](NC(=O)OC)c5ccccc5)[nH]4)cc3)cc2)C1)C(C)C. The molecule has 3 heterocycles. The fourth-order valence-electron chi connectivity index (χ4n) is 7.15. The van der Waals surface area contributed by atoms with Gasteiger partial charge in [-0.2, -0.15) is 0 Å². The summed E-state index contributed by atoms with van der Waals surface area (Å²) in [6.07, 6.45) is 2.50. The summed E-state index contributed by atoms with van der Waals surface area (Å²) in [4.78, 5) is 75.5. The van der Waals surface area contributed by atoms with Crippen LogP contribution in [0.4, 0.5) is 15.3 Å². The number of imidazole rings is 1. The molecule has 55 heavy (non-hydrogen) atoms. The average Bonchev–Trinajstić information content (AvgIpc) is 4.01. The topological polar surface area (TPSA) is 175 Å². The fraction of sp³-hybridized carbons (Fsp3) is 0.366. The number of aromatic amines is 1. The summed E-state index contributed by atoms with van der Waals surface area (Å²) >= 11 is 0. The van der Waals surface area contributed by atoms with E-state index in [2.05, 4.69) is 30.7 Å². The van der Waals surface area contributed by atoms with Gasteiger partial charge in [0.1, 0.15) is 17.9 Å². The van der Waals surface area contributed by atoms with E-state index in [9.17, 15) is 24.0 Å². The molecule has 4 aromatic rings. The molecule has 0 spiro atoms. The second-order valence-electron chi connectivity index (χ2n) is 14.1. The van der Waals surface area contributed by atoms with E-state index >= 15 is 0 Å². The molecule has 1 aromatic heterocycles. The van der Waals surface area contributed by atoms with E-state index in [1.807, 2.05) is 80.6 Å². The first-order chi connectivity index (χ1) is 26.6. The molecule has 5 amide bonds. The van der Waals surface area contributed by atoms with Crippen LogP contribution in [0, 0.1) is 11.8 Å². The van der Waals surface area contributed by atoms with E-state index in [-0.39, 0.29) is 42.1 Å². The molecule has 14 nitrogen and oxygen atoms in total. The smallest absolute Gasteiger partial charge is 0.407 e. The number of nitrogens with zero attached hydrogens (tertiary/aromatic N) is 3. The van der Waals surface area contributed by atoms with Crippen LogP contribution >= 0.6 is 0 Å². The third-order valence-corrected chi connectivity index (χ3v) is 10.2. The van der Waals surface area contributed by atoms with Gasteiger partial charge < -0.3 is 40.2 Å². The molecule has 0 bridgehead atoms. The van der Waals surface area contributed by atoms with E-state index in [1.54, 1.807) is 28.1 Å². The Hall–Kier alpha value is -6.18. The molecule has 0 radical (unpaired) electrons. The molecular weight excluding hydrogens is 702 g/mol. The molecule has 0 saturated carbocycles. The van der Waals surface area contributed by atoms with Crippen LogP contribution < -0.4 is 16.0 Å². The predicted octanol–water partition coefficient (Wildman–Crippen LogP) is 5.67. The Bertz CT molecular complexity index is 1980. The van der Waals surface area contributed by atoms with E-state index in [4.69, 9.17) is 4.74 Å². The minimum absolute atomic E-state index is 0.140. The van der Waals surface area contributed by atoms with E-state index < -0.39 is 24.3 Å². The number of aromatic nitrogens is 2. The molecule has 4 N–H and O–H groups in total. The second kappa shape index (κ2) is 17.3. The van der Waals surface area contributed by atoms with Crippen molar-refractivity contribution in [3.63, 3.8) is 0 Å². The van der Waals surface area contributed by atoms with Crippen molar-refractivity contribution in [2.45, 2.75) is 51.2 Å². The number of anilines is 1. The summed E-state index contributed by atoms with van der Waals surface area (Å²) in [5.41, 5.74) is 5.03. The maximum absolute atomic E-state index is 13.8. The van der Waals surface area contributed by atoms with Crippen LogP contribution in [0.3, 0.4) is 0 Å². The Morgan fingerprint density at radius 3 is 2.07 bits per heavy atom. The van der Waals surface area contributed by atoms with Crippen molar-refractivity contribution in [1.29, 1.82) is 0 Å². The van der Waals surface area contributed by atoms with Gasteiger partial charge in [-0.15, -0.1) is 0 Å². The van der Waals surface area contributed by atoms with Crippen LogP contribution in [0.5, 0.6) is 0 Å². The lowest BCUT2D eigenvalue weighted by Crippen LogP contribution is -2.50. The average molecular weight is 750 g/mol. The van der Waals surface area contributed by atoms with Crippen molar-refractivity contribution in [2.75, 3.05) is 39.2 Å². The highest BCUT2D eigenvalue weighted by Gasteiger charge is 2.38. The van der Waals surface area contributed by atoms with Gasteiger partial charge in [-0.3, -0.25) is 14.4 Å². The number of carbonyl (C=O) groups is 5. The zero-order valence-corrected chi connectivity index (χ0v) is 31.4. The number of methoxy groups -OCH3 is 2. The molecule has 2 aliphatic rings. The Kier molecular flexibility index (Phi) is 12.1. The quantitative estimate of drug-likeness (QED) is 0.152. The van der Waals surface area contributed by atoms with Crippen LogP contribution in [0.15, 0.2) is 85.1 Å². The number of ether oxygens (including phenoxy) is 2. The summed E-state index contributed by atoms with van der Waals surface area (Å²) in [5, 5.41) is 8.28. The Labute approximate surface area is 320 Å². The summed E-state index contributed by atoms with van der Waals surface area (Å²) < 4.78 is 9.48. The van der Waals surface area contributed by atoms with E-state index in [0.717, 1.165) is 35.2 Å². The van der Waals surface area contributed by atoms with Crippen molar-refractivity contribution >= 4 is 35.6 Å². The Balaban J connectivity index is 1.06. The van der Waals surface area contributed by atoms with Crippen molar-refractivity contribution in [3.8, 4) is 22.4 Å². The molecule has 2 aliphatic heterocycles. The van der Waals surface area contributed by atoms with Gasteiger partial charge in [0.25, 0.3) is 5.91 Å². The highest BCUT2D eigenvalue weighted by molar-refractivity contribution is 5.94. The molecule has 3 aromatic carbocycles. The highest BCUT2D eigenvalue weighted by Crippen LogP contribution is 2.34. The van der Waals surface area contributed by atoms with E-state index in [0.29, 0.717) is 36.6 Å². The number of carbonyl (C=O) groups excluding carboxylic acids is 5. The van der Waals surface area contributed by atoms with Crippen LogP contribution in [0.1, 0.15) is 56.6 Å². The minimum Gasteiger partial charge on any atom is -0.453 e. The van der Waals surface area contributed by atoms with Crippen LogP contribution in [-0.4, -0.2) is 89.6 Å². The fourth-order valence-corrected chi connectivity index (χ4v) is 7.15. The Morgan fingerprint density at radius 2 is 1.42 bits per heavy atom. The van der Waals surface area contributed by atoms with Gasteiger partial charge in [-0.05, 0) is 59.6 Å². The number of H-pyrrole nitrogens is 1. The first kappa shape index (κ1) is 38.5. The Morgan fingerprint density at radius 1 is 0.782 bits per heavy atom. The number of likely N-dealkylation sites (tertiary alicyclic amines) is 2. The lowest BCUT2D eigenvalue weighted by atomic mass is 10.0. The van der Waals surface area contributed by atoms with Crippen molar-refractivity contribution in [1.82, 2.24) is 30.4 Å². The molecule has 14 heteroatoms. The van der Waals surface area contributed by atoms with Crippen LogP contribution in [0.2, 0.25) is 0 Å². The molecule has 0 aliphatic carbocycles. The summed E-state index contributed by atoms with van der Waals surface area (Å²) in [6, 6.07) is 22.9. The summed E-state index contributed by atoms with van der Waals surface area (Å²) in [5.74, 6) is -0.437. The van der Waals surface area contributed by atoms with Gasteiger partial charge in [0.05, 0.1) is 38.1 Å². The third kappa shape index (κ3) is 8.97. The molecule has 4 atom stereocenters. The van der Waals surface area contributed by atoms with Crippen LogP contribution in [-0.2, 0) is 23.9 Å². The highest BCUT2D eigenvalue weighted by atomic mass is 16.5. The molecule has 2 saturated heterocycles. The normalized spacial score (nSPS) is 17.7. The monoisotopic (exact) mass is 749 g/mol. The molecule has 6 rings (SSSR count). The zero-order chi connectivity index (χ0) is 39.1. The number of benzene rings is 3. The number of hydrogen-bond acceptors (Lipinski definition) is 8. The molecular formula is C41H47N7O7. The van der Waals surface area contributed by atoms with E-state index in [1.165, 1.54) is 14.2 Å². The number of hydrogen-bond donors (Lipinski definition) is 4. The van der Waals surface area contributed by atoms with Crippen LogP contribution in [0.25, 0.3) is 22.4 Å². The predicted molar refractivity (Wildman–Crippen MR) is 205 cm³/mol. The molecule has 2 fully saturated rings. The standard InChI is InChI=1S/C41H47N7O7/c1-25(2)34(45-40(52)54-3)38(50)47-22-20-30(24-47)37(49)43-31-18-16-27(17-19-31)26-12-14-28(15-13-26)32-23-42-36(44-32)33-11-8-21-48(33)39(51)35(46-41(53)55-4)29-9-6-5-7-10-29/h5-7,9-10,12-19,23,25,30,33-35H,8,11,20-22,24H2,1-4H3,(H,42,44)(H,43,49)(H,45,52)(H,46,53)/t30-,33-,34-,35+/m0/s1. The second-order valence-corrected chi connectivity index (χ2v) is 14.1. The molecule has 0 unspecified atom stereocenters. The number of nitrogens with one attached hydrogen (secondary N) is 4. The van der Waals surface area contributed by atoms with Crippen molar-refractivity contribution in [3.05, 3.63) is 96.4 Å². The van der Waals surface area contributed by atoms with Gasteiger partial charge in [-0.25, -0.2) is 14.6 Å². The third-order valence-electron chi connectivity index (χ3n) is 10.2. The lowest BCUT2D eigenvalue weighted by Gasteiger charge is -2.28. The molecule has 288 valence electrons. The first-order valence-electron chi connectivity index (χ1n) is 18.5. The number of amides is 5.